The van der Waals surface area contributed by atoms with Crippen LogP contribution in [0.15, 0.2) is 24.3 Å². The zero-order valence-electron chi connectivity index (χ0n) is 7.90. The van der Waals surface area contributed by atoms with Crippen molar-refractivity contribution in [1.29, 1.82) is 0 Å². The molecule has 0 spiro atoms. The third kappa shape index (κ3) is 3.76. The Kier molecular flexibility index (Phi) is 3.79. The molecule has 0 heterocycles. The number of carbonyl (C=O) groups excluding carboxylic acids is 2. The van der Waals surface area contributed by atoms with E-state index in [0.29, 0.717) is 0 Å². The van der Waals surface area contributed by atoms with E-state index in [1.807, 2.05) is 0 Å². The number of ether oxygens (including phenoxy) is 1. The van der Waals surface area contributed by atoms with E-state index in [1.165, 1.54) is 18.2 Å². The first-order valence-corrected chi connectivity index (χ1v) is 4.27. The summed E-state index contributed by atoms with van der Waals surface area (Å²) < 4.78 is 17.5. The van der Waals surface area contributed by atoms with Crippen LogP contribution in [-0.4, -0.2) is 18.5 Å². The monoisotopic (exact) mass is 211 g/mol. The Labute approximate surface area is 85.8 Å². The molecule has 1 rings (SSSR count). The number of primary amides is 1. The second kappa shape index (κ2) is 5.09. The molecule has 1 aromatic carbocycles. The van der Waals surface area contributed by atoms with Crippen molar-refractivity contribution in [2.75, 3.05) is 6.61 Å². The van der Waals surface area contributed by atoms with Crippen molar-refractivity contribution in [3.05, 3.63) is 35.6 Å². The van der Waals surface area contributed by atoms with Crippen molar-refractivity contribution in [3.8, 4) is 0 Å². The Bertz CT molecular complexity index is 379. The fourth-order valence-electron chi connectivity index (χ4n) is 1.000. The lowest BCUT2D eigenvalue weighted by atomic mass is 10.1. The van der Waals surface area contributed by atoms with Gasteiger partial charge in [0.2, 0.25) is 0 Å². The molecule has 0 fully saturated rings. The minimum absolute atomic E-state index is 0.208. The molecule has 0 aliphatic heterocycles. The molecule has 0 bridgehead atoms. The van der Waals surface area contributed by atoms with E-state index in [1.54, 1.807) is 6.07 Å². The van der Waals surface area contributed by atoms with Crippen LogP contribution in [0.1, 0.15) is 5.56 Å². The SMILES string of the molecule is NC(=O)COC(=O)Cc1ccccc1F. The summed E-state index contributed by atoms with van der Waals surface area (Å²) in [4.78, 5) is 21.4. The fourth-order valence-corrected chi connectivity index (χ4v) is 1.000. The number of hydrogen-bond donors (Lipinski definition) is 1. The summed E-state index contributed by atoms with van der Waals surface area (Å²) >= 11 is 0. The molecule has 0 aromatic heterocycles. The number of esters is 1. The van der Waals surface area contributed by atoms with Crippen LogP contribution in [0.5, 0.6) is 0 Å². The molecule has 2 N–H and O–H groups in total. The molecule has 5 heteroatoms. The minimum atomic E-state index is -0.739. The molecule has 4 nitrogen and oxygen atoms in total. The molecule has 0 saturated heterocycles. The quantitative estimate of drug-likeness (QED) is 0.733. The second-order valence-corrected chi connectivity index (χ2v) is 2.90. The topological polar surface area (TPSA) is 69.4 Å². The highest BCUT2D eigenvalue weighted by atomic mass is 19.1. The van der Waals surface area contributed by atoms with Gasteiger partial charge in [-0.15, -0.1) is 0 Å². The molecule has 1 aromatic rings. The summed E-state index contributed by atoms with van der Waals surface area (Å²) in [5.74, 6) is -1.90. The second-order valence-electron chi connectivity index (χ2n) is 2.90. The van der Waals surface area contributed by atoms with Gasteiger partial charge >= 0.3 is 5.97 Å². The Balaban J connectivity index is 2.52. The maximum atomic E-state index is 13.0. The molecule has 0 radical (unpaired) electrons. The summed E-state index contributed by atoms with van der Waals surface area (Å²) in [6.45, 7) is -0.479. The highest BCUT2D eigenvalue weighted by molar-refractivity contribution is 5.79. The minimum Gasteiger partial charge on any atom is -0.455 e. The van der Waals surface area contributed by atoms with Crippen LogP contribution < -0.4 is 5.73 Å². The van der Waals surface area contributed by atoms with Crippen molar-refractivity contribution < 1.29 is 18.7 Å². The van der Waals surface area contributed by atoms with E-state index >= 15 is 0 Å². The number of benzene rings is 1. The van der Waals surface area contributed by atoms with Gasteiger partial charge in [-0.05, 0) is 11.6 Å². The van der Waals surface area contributed by atoms with Crippen LogP contribution >= 0.6 is 0 Å². The Morgan fingerprint density at radius 3 is 2.60 bits per heavy atom. The van der Waals surface area contributed by atoms with Gasteiger partial charge in [0.1, 0.15) is 5.82 Å². The maximum Gasteiger partial charge on any atom is 0.310 e. The lowest BCUT2D eigenvalue weighted by molar-refractivity contribution is -0.147. The van der Waals surface area contributed by atoms with Crippen LogP contribution in [0, 0.1) is 5.82 Å². The standard InChI is InChI=1S/C10H10FNO3/c11-8-4-2-1-3-7(8)5-10(14)15-6-9(12)13/h1-4H,5-6H2,(H2,12,13). The van der Waals surface area contributed by atoms with Crippen molar-refractivity contribution in [3.63, 3.8) is 0 Å². The molecule has 0 saturated carbocycles. The molecule has 15 heavy (non-hydrogen) atoms. The molecule has 0 aliphatic carbocycles. The van der Waals surface area contributed by atoms with E-state index in [-0.39, 0.29) is 12.0 Å². The summed E-state index contributed by atoms with van der Waals surface area (Å²) in [6, 6.07) is 5.85. The zero-order chi connectivity index (χ0) is 11.3. The number of rotatable bonds is 4. The van der Waals surface area contributed by atoms with Crippen molar-refractivity contribution >= 4 is 11.9 Å². The average Bonchev–Trinajstić information content (AvgIpc) is 2.18. The van der Waals surface area contributed by atoms with E-state index in [0.717, 1.165) is 0 Å². The van der Waals surface area contributed by atoms with Crippen molar-refractivity contribution in [1.82, 2.24) is 0 Å². The Morgan fingerprint density at radius 2 is 2.00 bits per heavy atom. The highest BCUT2D eigenvalue weighted by Crippen LogP contribution is 2.07. The fraction of sp³-hybridized carbons (Fsp3) is 0.200. The Morgan fingerprint density at radius 1 is 1.33 bits per heavy atom. The number of hydrogen-bond acceptors (Lipinski definition) is 3. The third-order valence-corrected chi connectivity index (χ3v) is 1.67. The maximum absolute atomic E-state index is 13.0. The molecule has 0 atom stereocenters. The predicted octanol–water partition coefficient (Wildman–Crippen LogP) is 0.397. The summed E-state index contributed by atoms with van der Waals surface area (Å²) in [5.41, 5.74) is 5.00. The molecule has 80 valence electrons. The number of carbonyl (C=O) groups is 2. The number of nitrogens with two attached hydrogens (primary N) is 1. The van der Waals surface area contributed by atoms with Crippen LogP contribution in [0.2, 0.25) is 0 Å². The van der Waals surface area contributed by atoms with Crippen LogP contribution in [0.4, 0.5) is 4.39 Å². The van der Waals surface area contributed by atoms with Gasteiger partial charge in [0, 0.05) is 0 Å². The third-order valence-electron chi connectivity index (χ3n) is 1.67. The lowest BCUT2D eigenvalue weighted by Gasteiger charge is -2.03. The van der Waals surface area contributed by atoms with Gasteiger partial charge in [-0.2, -0.15) is 0 Å². The summed E-state index contributed by atoms with van der Waals surface area (Å²) in [5, 5.41) is 0. The summed E-state index contributed by atoms with van der Waals surface area (Å²) in [7, 11) is 0. The molecule has 0 aliphatic rings. The van der Waals surface area contributed by atoms with Gasteiger partial charge in [-0.3, -0.25) is 9.59 Å². The first-order chi connectivity index (χ1) is 7.09. The van der Waals surface area contributed by atoms with E-state index < -0.39 is 24.3 Å². The van der Waals surface area contributed by atoms with Gasteiger partial charge in [-0.25, -0.2) is 4.39 Å². The van der Waals surface area contributed by atoms with Gasteiger partial charge in [0.05, 0.1) is 6.42 Å². The van der Waals surface area contributed by atoms with Crippen LogP contribution in [0.3, 0.4) is 0 Å². The van der Waals surface area contributed by atoms with E-state index in [9.17, 15) is 14.0 Å². The molecule has 0 unspecified atom stereocenters. The smallest absolute Gasteiger partial charge is 0.310 e. The van der Waals surface area contributed by atoms with E-state index in [2.05, 4.69) is 4.74 Å². The Hall–Kier alpha value is -1.91. The van der Waals surface area contributed by atoms with Crippen molar-refractivity contribution in [2.45, 2.75) is 6.42 Å². The van der Waals surface area contributed by atoms with Gasteiger partial charge in [-0.1, -0.05) is 18.2 Å². The first-order valence-electron chi connectivity index (χ1n) is 4.27. The normalized spacial score (nSPS) is 9.67. The number of halogens is 1. The van der Waals surface area contributed by atoms with Crippen molar-refractivity contribution in [2.24, 2.45) is 5.73 Å². The molecular weight excluding hydrogens is 201 g/mol. The highest BCUT2D eigenvalue weighted by Gasteiger charge is 2.09. The number of amides is 1. The van der Waals surface area contributed by atoms with Crippen LogP contribution in [0.25, 0.3) is 0 Å². The van der Waals surface area contributed by atoms with Gasteiger partial charge in [0.15, 0.2) is 6.61 Å². The molecular formula is C10H10FNO3. The zero-order valence-corrected chi connectivity index (χ0v) is 7.90. The largest absolute Gasteiger partial charge is 0.455 e. The first kappa shape index (κ1) is 11.2. The van der Waals surface area contributed by atoms with Gasteiger partial charge in [0.25, 0.3) is 5.91 Å². The summed E-state index contributed by atoms with van der Waals surface area (Å²) in [6.07, 6.45) is -0.208. The predicted molar refractivity (Wildman–Crippen MR) is 50.3 cm³/mol. The van der Waals surface area contributed by atoms with Crippen LogP contribution in [-0.2, 0) is 20.7 Å². The lowest BCUT2D eigenvalue weighted by Crippen LogP contribution is -2.21. The van der Waals surface area contributed by atoms with Gasteiger partial charge < -0.3 is 10.5 Å². The molecule has 1 amide bonds. The average molecular weight is 211 g/mol. The van der Waals surface area contributed by atoms with E-state index in [4.69, 9.17) is 5.73 Å².